The quantitative estimate of drug-likeness (QED) is 0.630. The first-order chi connectivity index (χ1) is 8.11. The Balaban J connectivity index is 2.21. The van der Waals surface area contributed by atoms with Gasteiger partial charge in [0.2, 0.25) is 0 Å². The van der Waals surface area contributed by atoms with Crippen LogP contribution in [0.4, 0.5) is 0 Å². The molecular formula is C14H30OSi2. The lowest BCUT2D eigenvalue weighted by molar-refractivity contribution is 0.312. The molecule has 0 bridgehead atoms. The third-order valence-electron chi connectivity index (χ3n) is 6.24. The van der Waals surface area contributed by atoms with E-state index >= 15 is 0 Å². The van der Waals surface area contributed by atoms with Gasteiger partial charge in [0, 0.05) is 0 Å². The third-order valence-corrected chi connectivity index (χ3v) is 18.5. The molecule has 2 aliphatic rings. The second kappa shape index (κ2) is 4.82. The average Bonchev–Trinajstić information content (AvgIpc) is 2.39. The maximum Gasteiger partial charge on any atom is 0.185 e. The predicted molar refractivity (Wildman–Crippen MR) is 80.5 cm³/mol. The number of hydrogen-bond acceptors (Lipinski definition) is 1. The highest BCUT2D eigenvalue weighted by atomic mass is 28.4. The van der Waals surface area contributed by atoms with Crippen molar-refractivity contribution in [2.45, 2.75) is 88.6 Å². The van der Waals surface area contributed by atoms with Gasteiger partial charge in [0.1, 0.15) is 0 Å². The van der Waals surface area contributed by atoms with Gasteiger partial charge in [-0.25, -0.2) is 0 Å². The lowest BCUT2D eigenvalue weighted by atomic mass is 9.97. The third kappa shape index (κ3) is 1.89. The van der Waals surface area contributed by atoms with E-state index in [-0.39, 0.29) is 0 Å². The van der Waals surface area contributed by atoms with E-state index in [4.69, 9.17) is 4.12 Å². The van der Waals surface area contributed by atoms with Gasteiger partial charge in [-0.15, -0.1) is 0 Å². The van der Waals surface area contributed by atoms with Gasteiger partial charge in [0.25, 0.3) is 0 Å². The van der Waals surface area contributed by atoms with Crippen LogP contribution in [0.1, 0.15) is 53.4 Å². The smallest absolute Gasteiger partial charge is 0.185 e. The summed E-state index contributed by atoms with van der Waals surface area (Å²) in [5.74, 6) is 0. The maximum atomic E-state index is 7.07. The Labute approximate surface area is 110 Å². The van der Waals surface area contributed by atoms with Crippen molar-refractivity contribution in [2.75, 3.05) is 0 Å². The zero-order valence-electron chi connectivity index (χ0n) is 12.3. The molecule has 2 rings (SSSR count). The summed E-state index contributed by atoms with van der Waals surface area (Å²) in [5.41, 5.74) is 0. The summed E-state index contributed by atoms with van der Waals surface area (Å²) in [5, 5.41) is 0.677. The van der Waals surface area contributed by atoms with Crippen molar-refractivity contribution in [1.29, 1.82) is 0 Å². The highest BCUT2D eigenvalue weighted by Gasteiger charge is 2.63. The highest BCUT2D eigenvalue weighted by Crippen LogP contribution is 2.65. The van der Waals surface area contributed by atoms with Crippen molar-refractivity contribution in [2.24, 2.45) is 0 Å². The van der Waals surface area contributed by atoms with Crippen LogP contribution in [0.15, 0.2) is 0 Å². The summed E-state index contributed by atoms with van der Waals surface area (Å²) in [6.07, 6.45) is 5.74. The van der Waals surface area contributed by atoms with Gasteiger partial charge in [-0.1, -0.05) is 47.0 Å². The van der Waals surface area contributed by atoms with Crippen LogP contribution in [-0.2, 0) is 4.12 Å². The summed E-state index contributed by atoms with van der Waals surface area (Å²) < 4.78 is 7.07. The maximum absolute atomic E-state index is 7.07. The Morgan fingerprint density at radius 1 is 0.941 bits per heavy atom. The first kappa shape index (κ1) is 13.8. The largest absolute Gasteiger partial charge is 0.454 e. The van der Waals surface area contributed by atoms with E-state index in [0.717, 1.165) is 0 Å². The van der Waals surface area contributed by atoms with E-state index in [1.165, 1.54) is 55.9 Å². The van der Waals surface area contributed by atoms with E-state index < -0.39 is 16.6 Å². The normalized spacial score (nSPS) is 34.6. The number of hydrogen-bond donors (Lipinski definition) is 0. The lowest BCUT2D eigenvalue weighted by Crippen LogP contribution is -2.65. The van der Waals surface area contributed by atoms with E-state index in [2.05, 4.69) is 27.7 Å². The molecule has 1 nitrogen and oxygen atoms in total. The monoisotopic (exact) mass is 270 g/mol. The van der Waals surface area contributed by atoms with Gasteiger partial charge in [-0.3, -0.25) is 0 Å². The van der Waals surface area contributed by atoms with Gasteiger partial charge in [0.05, 0.1) is 0 Å². The molecule has 2 fully saturated rings. The Bertz CT molecular complexity index is 266. The fraction of sp³-hybridized carbons (Fsp3) is 1.00. The summed E-state index contributed by atoms with van der Waals surface area (Å²) >= 11 is 0. The molecule has 0 aromatic rings. The molecule has 0 aliphatic carbocycles. The minimum absolute atomic E-state index is 0.677. The molecule has 0 radical (unpaired) electrons. The lowest BCUT2D eigenvalue weighted by Gasteiger charge is -2.62. The fourth-order valence-corrected chi connectivity index (χ4v) is 17.8. The standard InChI is InChI=1S/C14H30OSi2/c1-5-14(6-2)10-13-17(14)12-9-11-16(7-3,8-4)15-17/h5-13H2,1-4H3. The summed E-state index contributed by atoms with van der Waals surface area (Å²) in [4.78, 5) is 0. The zero-order valence-corrected chi connectivity index (χ0v) is 14.3. The molecule has 3 heteroatoms. The molecule has 1 unspecified atom stereocenters. The molecular weight excluding hydrogens is 240 g/mol. The van der Waals surface area contributed by atoms with Gasteiger partial charge >= 0.3 is 0 Å². The number of rotatable bonds is 4. The van der Waals surface area contributed by atoms with Crippen molar-refractivity contribution in [3.8, 4) is 0 Å². The van der Waals surface area contributed by atoms with E-state index in [1.807, 2.05) is 0 Å². The SMILES string of the molecule is CCC1(CC)CC[Si]12CCC[Si](CC)(CC)O2. The first-order valence-corrected chi connectivity index (χ1v) is 12.7. The molecule has 2 saturated heterocycles. The van der Waals surface area contributed by atoms with E-state index in [9.17, 15) is 0 Å². The van der Waals surface area contributed by atoms with Crippen molar-refractivity contribution >= 4 is 16.6 Å². The molecule has 2 aliphatic heterocycles. The minimum atomic E-state index is -1.33. The zero-order chi connectivity index (χ0) is 12.6. The molecule has 0 saturated carbocycles. The van der Waals surface area contributed by atoms with Crippen LogP contribution >= 0.6 is 0 Å². The molecule has 1 atom stereocenters. The van der Waals surface area contributed by atoms with E-state index in [1.54, 1.807) is 0 Å². The van der Waals surface area contributed by atoms with Crippen LogP contribution in [0.25, 0.3) is 0 Å². The van der Waals surface area contributed by atoms with Crippen LogP contribution < -0.4 is 0 Å². The van der Waals surface area contributed by atoms with Crippen LogP contribution in [0.5, 0.6) is 0 Å². The summed E-state index contributed by atoms with van der Waals surface area (Å²) in [6, 6.07) is 7.16. The molecule has 1 spiro atoms. The van der Waals surface area contributed by atoms with Gasteiger partial charge in [-0.05, 0) is 41.7 Å². The predicted octanol–water partition coefficient (Wildman–Crippen LogP) is 5.30. The van der Waals surface area contributed by atoms with Crippen molar-refractivity contribution in [1.82, 2.24) is 0 Å². The molecule has 0 aromatic heterocycles. The second-order valence-corrected chi connectivity index (χ2v) is 15.5. The van der Waals surface area contributed by atoms with E-state index in [0.29, 0.717) is 5.04 Å². The molecule has 0 aromatic carbocycles. The molecule has 0 N–H and O–H groups in total. The highest BCUT2D eigenvalue weighted by molar-refractivity contribution is 6.91. The second-order valence-electron chi connectivity index (χ2n) is 6.33. The minimum Gasteiger partial charge on any atom is -0.454 e. The first-order valence-electron chi connectivity index (χ1n) is 7.82. The molecule has 0 amide bonds. The van der Waals surface area contributed by atoms with Crippen LogP contribution in [0.2, 0.25) is 35.3 Å². The van der Waals surface area contributed by atoms with Gasteiger partial charge < -0.3 is 4.12 Å². The summed E-state index contributed by atoms with van der Waals surface area (Å²) in [6.45, 7) is 9.61. The molecule has 2 heterocycles. The molecule has 17 heavy (non-hydrogen) atoms. The van der Waals surface area contributed by atoms with Crippen LogP contribution in [-0.4, -0.2) is 16.6 Å². The Hall–Kier alpha value is 0.394. The topological polar surface area (TPSA) is 9.23 Å². The average molecular weight is 271 g/mol. The summed E-state index contributed by atoms with van der Waals surface area (Å²) in [7, 11) is -2.62. The van der Waals surface area contributed by atoms with Gasteiger partial charge in [0.15, 0.2) is 16.6 Å². The van der Waals surface area contributed by atoms with Crippen LogP contribution in [0, 0.1) is 0 Å². The fourth-order valence-electron chi connectivity index (χ4n) is 4.52. The molecule has 100 valence electrons. The van der Waals surface area contributed by atoms with Crippen molar-refractivity contribution in [3.05, 3.63) is 0 Å². The Morgan fingerprint density at radius 2 is 1.59 bits per heavy atom. The Kier molecular flexibility index (Phi) is 3.92. The Morgan fingerprint density at radius 3 is 2.00 bits per heavy atom. The van der Waals surface area contributed by atoms with Gasteiger partial charge in [-0.2, -0.15) is 0 Å². The van der Waals surface area contributed by atoms with Crippen LogP contribution in [0.3, 0.4) is 0 Å². The van der Waals surface area contributed by atoms with Crippen molar-refractivity contribution in [3.63, 3.8) is 0 Å². The van der Waals surface area contributed by atoms with Crippen molar-refractivity contribution < 1.29 is 4.12 Å².